The van der Waals surface area contributed by atoms with E-state index in [1.54, 1.807) is 13.0 Å². The topological polar surface area (TPSA) is 293 Å². The van der Waals surface area contributed by atoms with E-state index in [0.717, 1.165) is 22.0 Å². The van der Waals surface area contributed by atoms with Gasteiger partial charge in [0.2, 0.25) is 0 Å². The summed E-state index contributed by atoms with van der Waals surface area (Å²) >= 11 is 0. The molecule has 19 nitrogen and oxygen atoms in total. The van der Waals surface area contributed by atoms with E-state index in [9.17, 15) is 43.3 Å². The number of nitrogens with zero attached hydrogens (tertiary/aromatic N) is 2. The average Bonchev–Trinajstić information content (AvgIpc) is 3.34. The van der Waals surface area contributed by atoms with Gasteiger partial charge in [-0.05, 0) is 33.6 Å². The number of phosphoric acid groups is 3. The number of imidazole rings is 1. The fourth-order valence-electron chi connectivity index (χ4n) is 4.17. The Balaban J connectivity index is 1.95. The minimum Gasteiger partial charge on any atom is -0.387 e. The maximum atomic E-state index is 12.3. The molecule has 0 amide bonds. The predicted molar refractivity (Wildman–Crippen MR) is 143 cm³/mol. The maximum Gasteiger partial charge on any atom is 0.490 e. The summed E-state index contributed by atoms with van der Waals surface area (Å²) in [6, 6.07) is 0. The van der Waals surface area contributed by atoms with Crippen molar-refractivity contribution < 1.29 is 61.4 Å². The lowest BCUT2D eigenvalue weighted by Crippen LogP contribution is -2.45. The van der Waals surface area contributed by atoms with Gasteiger partial charge in [-0.15, -0.1) is 0 Å². The average molecular weight is 660 g/mol. The van der Waals surface area contributed by atoms with Gasteiger partial charge in [0.25, 0.3) is 5.56 Å². The molecule has 1 saturated heterocycles. The number of hydrogen-bond acceptors (Lipinski definition) is 12. The smallest absolute Gasteiger partial charge is 0.387 e. The van der Waals surface area contributed by atoms with Crippen LogP contribution >= 0.6 is 23.5 Å². The summed E-state index contributed by atoms with van der Waals surface area (Å²) in [6.45, 7) is 4.60. The quantitative estimate of drug-likeness (QED) is 0.108. The molecule has 2 aromatic rings. The predicted octanol–water partition coefficient (Wildman–Crippen LogP) is 0.612. The first-order chi connectivity index (χ1) is 19.3. The lowest BCUT2D eigenvalue weighted by molar-refractivity contribution is -0.142. The van der Waals surface area contributed by atoms with Crippen molar-refractivity contribution >= 4 is 34.6 Å². The molecule has 1 aliphatic heterocycles. The molecule has 1 fully saturated rings. The van der Waals surface area contributed by atoms with E-state index < -0.39 is 65.4 Å². The molecular formula is C20H31N4O15P3. The lowest BCUT2D eigenvalue weighted by atomic mass is 9.97. The first kappa shape index (κ1) is 34.4. The van der Waals surface area contributed by atoms with Crippen molar-refractivity contribution in [2.24, 2.45) is 0 Å². The number of aromatic nitrogens is 4. The Labute approximate surface area is 236 Å². The molecule has 0 aliphatic carbocycles. The van der Waals surface area contributed by atoms with E-state index in [2.05, 4.69) is 23.1 Å². The van der Waals surface area contributed by atoms with Gasteiger partial charge in [-0.1, -0.05) is 23.3 Å². The van der Waals surface area contributed by atoms with Gasteiger partial charge in [0.05, 0.1) is 12.9 Å². The van der Waals surface area contributed by atoms with Crippen LogP contribution in [-0.4, -0.2) is 74.2 Å². The minimum absolute atomic E-state index is 0.181. The molecule has 3 rings (SSSR count). The van der Waals surface area contributed by atoms with Gasteiger partial charge in [-0.25, -0.2) is 23.5 Å². The van der Waals surface area contributed by atoms with Crippen LogP contribution in [0.1, 0.15) is 40.0 Å². The van der Waals surface area contributed by atoms with Crippen molar-refractivity contribution in [2.75, 3.05) is 6.61 Å². The highest BCUT2D eigenvalue weighted by Gasteiger charge is 2.56. The summed E-state index contributed by atoms with van der Waals surface area (Å²) in [6.07, 6.45) is 0.542. The molecule has 0 aromatic carbocycles. The van der Waals surface area contributed by atoms with Gasteiger partial charge in [0.1, 0.15) is 24.0 Å². The minimum atomic E-state index is -5.81. The van der Waals surface area contributed by atoms with E-state index >= 15 is 0 Å². The molecular weight excluding hydrogens is 629 g/mol. The fraction of sp³-hybridized carbons (Fsp3) is 0.550. The van der Waals surface area contributed by atoms with Crippen LogP contribution in [0.4, 0.5) is 0 Å². The Morgan fingerprint density at radius 2 is 1.74 bits per heavy atom. The third-order valence-electron chi connectivity index (χ3n) is 6.02. The first-order valence-corrected chi connectivity index (χ1v) is 16.6. The molecule has 0 bridgehead atoms. The molecule has 0 saturated carbocycles. The van der Waals surface area contributed by atoms with Crippen molar-refractivity contribution in [3.8, 4) is 0 Å². The summed E-state index contributed by atoms with van der Waals surface area (Å²) in [7, 11) is -17.0. The van der Waals surface area contributed by atoms with Crippen LogP contribution in [0.5, 0.6) is 0 Å². The molecule has 2 unspecified atom stereocenters. The molecule has 22 heteroatoms. The van der Waals surface area contributed by atoms with Gasteiger partial charge >= 0.3 is 29.2 Å². The van der Waals surface area contributed by atoms with Crippen LogP contribution in [0.3, 0.4) is 0 Å². The first-order valence-electron chi connectivity index (χ1n) is 12.1. The van der Waals surface area contributed by atoms with Crippen LogP contribution in [0, 0.1) is 0 Å². The van der Waals surface area contributed by atoms with Gasteiger partial charge in [-0.3, -0.25) is 23.9 Å². The number of nitrogens with one attached hydrogen (secondary N) is 2. The summed E-state index contributed by atoms with van der Waals surface area (Å²) in [4.78, 5) is 69.1. The van der Waals surface area contributed by atoms with Crippen LogP contribution in [0.15, 0.2) is 39.2 Å². The lowest BCUT2D eigenvalue weighted by Gasteiger charge is -2.33. The van der Waals surface area contributed by atoms with E-state index in [1.807, 2.05) is 24.9 Å². The van der Waals surface area contributed by atoms with E-state index in [0.29, 0.717) is 12.8 Å². The largest absolute Gasteiger partial charge is 0.490 e. The second-order valence-electron chi connectivity index (χ2n) is 9.62. The van der Waals surface area contributed by atoms with Crippen molar-refractivity contribution in [3.63, 3.8) is 0 Å². The highest BCUT2D eigenvalue weighted by molar-refractivity contribution is 7.66. The zero-order chi connectivity index (χ0) is 31.7. The molecule has 6 atom stereocenters. The summed E-state index contributed by atoms with van der Waals surface area (Å²) in [5, 5.41) is 22.0. The number of aromatic amines is 2. The number of hydrogen-bond donors (Lipinski definition) is 8. The number of fused-ring (bicyclic) bond motifs is 1. The van der Waals surface area contributed by atoms with Crippen molar-refractivity contribution in [1.29, 1.82) is 0 Å². The monoisotopic (exact) mass is 660 g/mol. The molecule has 236 valence electrons. The van der Waals surface area contributed by atoms with Gasteiger partial charge in [0.15, 0.2) is 11.2 Å². The molecule has 1 aliphatic rings. The SMILES string of the molecule is CC(C)=CCC/C(C)=C/C[C@@]1(n2cnc3c(=O)[nH]c(=O)[nH]c32)O[C@H](COP(=O)(O)OP(=O)(O)OP(=O)(O)O)[C@@H](O)[C@H]1O. The fourth-order valence-corrected chi connectivity index (χ4v) is 7.20. The van der Waals surface area contributed by atoms with Gasteiger partial charge in [0, 0.05) is 6.42 Å². The highest BCUT2D eigenvalue weighted by atomic mass is 31.3. The van der Waals surface area contributed by atoms with Gasteiger partial charge in [-0.2, -0.15) is 8.62 Å². The highest BCUT2D eigenvalue weighted by Crippen LogP contribution is 2.66. The van der Waals surface area contributed by atoms with E-state index in [-0.39, 0.29) is 17.6 Å². The van der Waals surface area contributed by atoms with Crippen molar-refractivity contribution in [1.82, 2.24) is 19.5 Å². The van der Waals surface area contributed by atoms with Crippen molar-refractivity contribution in [2.45, 2.75) is 64.1 Å². The van der Waals surface area contributed by atoms with E-state index in [1.165, 1.54) is 0 Å². The van der Waals surface area contributed by atoms with E-state index in [4.69, 9.17) is 14.5 Å². The van der Waals surface area contributed by atoms with Crippen LogP contribution in [0.2, 0.25) is 0 Å². The van der Waals surface area contributed by atoms with Gasteiger partial charge < -0.3 is 34.5 Å². The Hall–Kier alpha value is -2.08. The molecule has 0 spiro atoms. The molecule has 3 heterocycles. The summed E-state index contributed by atoms with van der Waals surface area (Å²) in [5.74, 6) is 0. The Morgan fingerprint density at radius 1 is 1.07 bits per heavy atom. The second-order valence-corrected chi connectivity index (χ2v) is 14.0. The number of H-pyrrole nitrogens is 2. The Bertz CT molecular complexity index is 1620. The third kappa shape index (κ3) is 8.51. The summed E-state index contributed by atoms with van der Waals surface area (Å²) < 4.78 is 53.6. The number of aliphatic hydroxyl groups is 2. The molecule has 42 heavy (non-hydrogen) atoms. The second kappa shape index (κ2) is 12.9. The third-order valence-corrected chi connectivity index (χ3v) is 9.83. The maximum absolute atomic E-state index is 12.3. The number of allylic oxidation sites excluding steroid dienone is 3. The standard InChI is InChI=1S/C20H31N4O15P3/c1-11(2)5-4-6-12(3)7-8-20(24-10-21-14-17(24)22-19(28)23-18(14)27)16(26)15(25)13(37-20)9-36-41(32,33)39-42(34,35)38-40(29,30)31/h5,7,10,13,15-16,25-26H,4,6,8-9H2,1-3H3,(H,32,33)(H,34,35)(H2,29,30,31)(H2,22,23,27,28)/b12-7+/t13-,15-,16-,20-/m1/s1. The normalized spacial score (nSPS) is 26.2. The van der Waals surface area contributed by atoms with Crippen LogP contribution < -0.4 is 11.2 Å². The number of rotatable bonds is 13. The number of aliphatic hydroxyl groups excluding tert-OH is 2. The van der Waals surface area contributed by atoms with Crippen molar-refractivity contribution in [3.05, 3.63) is 50.5 Å². The van der Waals surface area contributed by atoms with Crippen LogP contribution in [0.25, 0.3) is 11.2 Å². The number of ether oxygens (including phenoxy) is 1. The summed E-state index contributed by atoms with van der Waals surface area (Å²) in [5.41, 5.74) is -2.21. The molecule has 0 radical (unpaired) electrons. The zero-order valence-corrected chi connectivity index (χ0v) is 25.1. The molecule has 8 N–H and O–H groups in total. The zero-order valence-electron chi connectivity index (χ0n) is 22.4. The Kier molecular flexibility index (Phi) is 10.6. The molecule has 2 aromatic heterocycles. The Morgan fingerprint density at radius 3 is 2.36 bits per heavy atom. The number of phosphoric ester groups is 1. The van der Waals surface area contributed by atoms with Crippen LogP contribution in [-0.2, 0) is 37.3 Å².